The standard InChI is InChI=1S/C19H26BNO2/c1-18(2)11-20(23-19(18,3)4)14-8-9-15-13(10-16(22)21(15)5)17(14)12-6-7-12/h8-9,12H,6-7,10-11H2,1-5H3. The van der Waals surface area contributed by atoms with Crippen molar-refractivity contribution in [2.45, 2.75) is 64.8 Å². The molecule has 2 aliphatic heterocycles. The van der Waals surface area contributed by atoms with Crippen molar-refractivity contribution in [3.63, 3.8) is 0 Å². The fourth-order valence-electron chi connectivity index (χ4n) is 4.15. The molecule has 0 spiro atoms. The molecule has 23 heavy (non-hydrogen) atoms. The summed E-state index contributed by atoms with van der Waals surface area (Å²) in [5.74, 6) is 0.849. The largest absolute Gasteiger partial charge is 0.426 e. The summed E-state index contributed by atoms with van der Waals surface area (Å²) in [7, 11) is 1.89. The second-order valence-electron chi connectivity index (χ2n) is 8.67. The minimum absolute atomic E-state index is 0.121. The molecule has 1 saturated carbocycles. The lowest BCUT2D eigenvalue weighted by molar-refractivity contribution is -0.117. The quantitative estimate of drug-likeness (QED) is 0.786. The number of benzene rings is 1. The Morgan fingerprint density at radius 3 is 2.48 bits per heavy atom. The third-order valence-corrected chi connectivity index (χ3v) is 6.52. The summed E-state index contributed by atoms with van der Waals surface area (Å²) in [5, 5.41) is 0. The van der Waals surface area contributed by atoms with Gasteiger partial charge in [-0.05, 0) is 67.0 Å². The van der Waals surface area contributed by atoms with Gasteiger partial charge < -0.3 is 9.55 Å². The van der Waals surface area contributed by atoms with Crippen molar-refractivity contribution in [1.82, 2.24) is 0 Å². The minimum Gasteiger partial charge on any atom is -0.426 e. The first-order valence-corrected chi connectivity index (χ1v) is 8.81. The van der Waals surface area contributed by atoms with Gasteiger partial charge in [0.2, 0.25) is 5.91 Å². The van der Waals surface area contributed by atoms with Crippen molar-refractivity contribution in [2.24, 2.45) is 5.41 Å². The van der Waals surface area contributed by atoms with Gasteiger partial charge in [-0.15, -0.1) is 0 Å². The third kappa shape index (κ3) is 2.18. The zero-order chi connectivity index (χ0) is 16.6. The predicted octanol–water partition coefficient (Wildman–Crippen LogP) is 3.12. The number of nitrogens with zero attached hydrogens (tertiary/aromatic N) is 1. The van der Waals surface area contributed by atoms with Gasteiger partial charge in [0.25, 0.3) is 0 Å². The highest BCUT2D eigenvalue weighted by Gasteiger charge is 2.51. The first kappa shape index (κ1) is 15.3. The minimum atomic E-state index is -0.121. The van der Waals surface area contributed by atoms with E-state index in [0.717, 1.165) is 12.0 Å². The van der Waals surface area contributed by atoms with E-state index in [1.54, 1.807) is 0 Å². The zero-order valence-electron chi connectivity index (χ0n) is 14.9. The molecule has 122 valence electrons. The molecule has 0 unspecified atom stereocenters. The van der Waals surface area contributed by atoms with E-state index in [0.29, 0.717) is 12.3 Å². The molecule has 1 amide bonds. The smallest absolute Gasteiger partial charge is 0.328 e. The van der Waals surface area contributed by atoms with E-state index in [1.165, 1.54) is 29.4 Å². The van der Waals surface area contributed by atoms with Gasteiger partial charge in [0.15, 0.2) is 0 Å². The molecule has 3 aliphatic rings. The molecule has 1 aromatic carbocycles. The Kier molecular flexibility index (Phi) is 3.07. The van der Waals surface area contributed by atoms with Crippen molar-refractivity contribution >= 4 is 24.0 Å². The van der Waals surface area contributed by atoms with E-state index in [-0.39, 0.29) is 23.8 Å². The molecule has 1 aliphatic carbocycles. The van der Waals surface area contributed by atoms with Crippen LogP contribution in [-0.2, 0) is 15.9 Å². The van der Waals surface area contributed by atoms with Crippen LogP contribution < -0.4 is 10.4 Å². The van der Waals surface area contributed by atoms with E-state index in [4.69, 9.17) is 4.65 Å². The van der Waals surface area contributed by atoms with Gasteiger partial charge in [0, 0.05) is 12.7 Å². The molecule has 1 saturated heterocycles. The van der Waals surface area contributed by atoms with E-state index in [1.807, 2.05) is 11.9 Å². The summed E-state index contributed by atoms with van der Waals surface area (Å²) in [6.07, 6.45) is 4.11. The third-order valence-electron chi connectivity index (χ3n) is 6.52. The van der Waals surface area contributed by atoms with Crippen molar-refractivity contribution in [1.29, 1.82) is 0 Å². The Bertz CT molecular complexity index is 675. The maximum Gasteiger partial charge on any atom is 0.328 e. The van der Waals surface area contributed by atoms with Gasteiger partial charge in [-0.2, -0.15) is 0 Å². The Hall–Kier alpha value is -1.29. The molecular formula is C19H26BNO2. The predicted molar refractivity (Wildman–Crippen MR) is 94.7 cm³/mol. The highest BCUT2D eigenvalue weighted by molar-refractivity contribution is 6.69. The van der Waals surface area contributed by atoms with E-state index < -0.39 is 0 Å². The number of carbonyl (C=O) groups is 1. The SMILES string of the molecule is CN1C(=O)Cc2c1ccc(B1CC(C)(C)C(C)(C)O1)c2C1CC1. The van der Waals surface area contributed by atoms with Gasteiger partial charge in [-0.25, -0.2) is 0 Å². The Morgan fingerprint density at radius 1 is 1.22 bits per heavy atom. The molecule has 1 aromatic rings. The molecule has 0 atom stereocenters. The zero-order valence-corrected chi connectivity index (χ0v) is 14.9. The molecular weight excluding hydrogens is 285 g/mol. The lowest BCUT2D eigenvalue weighted by atomic mass is 9.52. The molecule has 2 fully saturated rings. The number of amides is 1. The maximum absolute atomic E-state index is 12.2. The van der Waals surface area contributed by atoms with Crippen LogP contribution in [0.4, 0.5) is 5.69 Å². The van der Waals surface area contributed by atoms with E-state index >= 15 is 0 Å². The van der Waals surface area contributed by atoms with E-state index in [9.17, 15) is 4.79 Å². The normalized spacial score (nSPS) is 25.2. The second kappa shape index (κ2) is 4.63. The number of likely N-dealkylation sites (N-methyl/N-ethyl adjacent to an activating group) is 1. The summed E-state index contributed by atoms with van der Waals surface area (Å²) < 4.78 is 6.48. The van der Waals surface area contributed by atoms with Gasteiger partial charge in [0.05, 0.1) is 12.0 Å². The number of fused-ring (bicyclic) bond motifs is 1. The molecule has 2 heterocycles. The van der Waals surface area contributed by atoms with Crippen molar-refractivity contribution in [3.05, 3.63) is 23.3 Å². The van der Waals surface area contributed by atoms with Crippen LogP contribution in [0.5, 0.6) is 0 Å². The van der Waals surface area contributed by atoms with Crippen LogP contribution in [0.25, 0.3) is 0 Å². The number of carbonyl (C=O) groups excluding carboxylic acids is 1. The number of hydrogen-bond acceptors (Lipinski definition) is 2. The Labute approximate surface area is 139 Å². The highest BCUT2D eigenvalue weighted by Crippen LogP contribution is 2.48. The fourth-order valence-corrected chi connectivity index (χ4v) is 4.15. The molecule has 4 rings (SSSR count). The van der Waals surface area contributed by atoms with Crippen LogP contribution in [-0.4, -0.2) is 25.5 Å². The summed E-state index contributed by atoms with van der Waals surface area (Å²) >= 11 is 0. The number of anilines is 1. The Morgan fingerprint density at radius 2 is 1.91 bits per heavy atom. The van der Waals surface area contributed by atoms with Crippen LogP contribution in [0.15, 0.2) is 12.1 Å². The first-order valence-electron chi connectivity index (χ1n) is 8.81. The van der Waals surface area contributed by atoms with Crippen molar-refractivity contribution < 1.29 is 9.45 Å². The van der Waals surface area contributed by atoms with Gasteiger partial charge in [-0.3, -0.25) is 4.79 Å². The topological polar surface area (TPSA) is 29.5 Å². The number of rotatable bonds is 2. The lowest BCUT2D eigenvalue weighted by Gasteiger charge is -2.34. The Balaban J connectivity index is 1.79. The summed E-state index contributed by atoms with van der Waals surface area (Å²) in [6.45, 7) is 9.16. The molecule has 0 bridgehead atoms. The van der Waals surface area contributed by atoms with Gasteiger partial charge in [0.1, 0.15) is 0 Å². The number of hydrogen-bond donors (Lipinski definition) is 0. The van der Waals surface area contributed by atoms with Crippen LogP contribution in [0.2, 0.25) is 6.32 Å². The van der Waals surface area contributed by atoms with Crippen LogP contribution >= 0.6 is 0 Å². The molecule has 0 radical (unpaired) electrons. The average Bonchev–Trinajstić information content (AvgIpc) is 3.20. The first-order chi connectivity index (χ1) is 10.7. The summed E-state index contributed by atoms with van der Waals surface area (Å²) in [4.78, 5) is 14.0. The lowest BCUT2D eigenvalue weighted by Crippen LogP contribution is -2.37. The maximum atomic E-state index is 12.2. The van der Waals surface area contributed by atoms with Crippen LogP contribution in [0.3, 0.4) is 0 Å². The van der Waals surface area contributed by atoms with E-state index in [2.05, 4.69) is 39.8 Å². The monoisotopic (exact) mass is 311 g/mol. The molecule has 4 heteroatoms. The molecule has 3 nitrogen and oxygen atoms in total. The van der Waals surface area contributed by atoms with Gasteiger partial charge >= 0.3 is 6.92 Å². The average molecular weight is 311 g/mol. The van der Waals surface area contributed by atoms with Crippen molar-refractivity contribution in [2.75, 3.05) is 11.9 Å². The fraction of sp³-hybridized carbons (Fsp3) is 0.632. The van der Waals surface area contributed by atoms with Crippen molar-refractivity contribution in [3.8, 4) is 0 Å². The highest BCUT2D eigenvalue weighted by atomic mass is 16.5. The van der Waals surface area contributed by atoms with Crippen LogP contribution in [0, 0.1) is 5.41 Å². The second-order valence-corrected chi connectivity index (χ2v) is 8.67. The summed E-state index contributed by atoms with van der Waals surface area (Å²) in [6, 6.07) is 4.35. The van der Waals surface area contributed by atoms with Crippen LogP contribution in [0.1, 0.15) is 57.6 Å². The molecule has 0 aromatic heterocycles. The molecule has 0 N–H and O–H groups in total. The summed E-state index contributed by atoms with van der Waals surface area (Å²) in [5.41, 5.74) is 5.18. The van der Waals surface area contributed by atoms with Gasteiger partial charge in [-0.1, -0.05) is 19.9 Å².